The Morgan fingerprint density at radius 1 is 1.22 bits per heavy atom. The lowest BCUT2D eigenvalue weighted by molar-refractivity contribution is 0.246. The normalized spacial score (nSPS) is 11.7. The van der Waals surface area contributed by atoms with Gasteiger partial charge in [-0.2, -0.15) is 0 Å². The predicted molar refractivity (Wildman–Crippen MR) is 128 cm³/mol. The van der Waals surface area contributed by atoms with Gasteiger partial charge in [0, 0.05) is 35.9 Å². The average molecular weight is 475 g/mol. The number of benzene rings is 1. The molecule has 3 rings (SSSR count). The molecule has 3 aromatic rings. The predicted octanol–water partition coefficient (Wildman–Crippen LogP) is 4.48. The number of aromatic nitrogens is 2. The number of carbonyl (C=O) groups excluding carboxylic acids is 1. The number of urea groups is 1. The van der Waals surface area contributed by atoms with E-state index in [2.05, 4.69) is 33.4 Å². The molecule has 0 bridgehead atoms. The Morgan fingerprint density at radius 2 is 1.97 bits per heavy atom. The van der Waals surface area contributed by atoms with E-state index in [1.165, 1.54) is 11.3 Å². The summed E-state index contributed by atoms with van der Waals surface area (Å²) < 4.78 is 30.4. The van der Waals surface area contributed by atoms with Crippen LogP contribution in [-0.2, 0) is 23.0 Å². The minimum atomic E-state index is -4.00. The molecule has 0 unspecified atom stereocenters. The summed E-state index contributed by atoms with van der Waals surface area (Å²) in [7, 11) is -4.00. The lowest BCUT2D eigenvalue weighted by Crippen LogP contribution is -2.39. The molecule has 0 atom stereocenters. The number of hydrogen-bond donors (Lipinski definition) is 2. The van der Waals surface area contributed by atoms with Crippen molar-refractivity contribution in [1.82, 2.24) is 19.6 Å². The van der Waals surface area contributed by atoms with Crippen LogP contribution in [0.2, 0.25) is 0 Å². The number of hydrogen-bond acceptors (Lipinski definition) is 5. The molecule has 2 N–H and O–H groups in total. The van der Waals surface area contributed by atoms with Crippen LogP contribution in [0, 0.1) is 19.8 Å². The van der Waals surface area contributed by atoms with Gasteiger partial charge < -0.3 is 9.88 Å². The van der Waals surface area contributed by atoms with E-state index in [4.69, 9.17) is 0 Å². The van der Waals surface area contributed by atoms with E-state index in [-0.39, 0.29) is 4.21 Å². The Morgan fingerprint density at radius 3 is 2.56 bits per heavy atom. The number of nitrogens with zero attached hydrogens (tertiary/aromatic N) is 2. The molecule has 0 aliphatic rings. The summed E-state index contributed by atoms with van der Waals surface area (Å²) in [5, 5.41) is 2.48. The molecular weight excluding hydrogens is 444 g/mol. The molecule has 0 radical (unpaired) electrons. The summed E-state index contributed by atoms with van der Waals surface area (Å²) in [6.07, 6.45) is 4.49. The van der Waals surface area contributed by atoms with Crippen molar-refractivity contribution >= 4 is 27.4 Å². The molecule has 172 valence electrons. The van der Waals surface area contributed by atoms with Gasteiger partial charge in [-0.15, -0.1) is 11.3 Å². The van der Waals surface area contributed by atoms with E-state index in [1.54, 1.807) is 13.1 Å². The van der Waals surface area contributed by atoms with Gasteiger partial charge >= 0.3 is 6.03 Å². The summed E-state index contributed by atoms with van der Waals surface area (Å²) in [6.45, 7) is 10.9. The Labute approximate surface area is 193 Å². The molecule has 0 fully saturated rings. The highest BCUT2D eigenvalue weighted by molar-refractivity contribution is 7.92. The van der Waals surface area contributed by atoms with E-state index in [1.807, 2.05) is 44.3 Å². The van der Waals surface area contributed by atoms with Gasteiger partial charge in [0.15, 0.2) is 0 Å². The van der Waals surface area contributed by atoms with Gasteiger partial charge in [-0.25, -0.2) is 22.9 Å². The number of aryl methyl sites for hydroxylation is 2. The Bertz CT molecular complexity index is 1210. The molecule has 0 saturated carbocycles. The second kappa shape index (κ2) is 9.87. The molecule has 7 nitrogen and oxygen atoms in total. The maximum Gasteiger partial charge on any atom is 0.328 e. The van der Waals surface area contributed by atoms with Crippen molar-refractivity contribution in [3.63, 3.8) is 0 Å². The Kier molecular flexibility index (Phi) is 7.40. The average Bonchev–Trinajstić information content (AvgIpc) is 3.29. The van der Waals surface area contributed by atoms with Crippen LogP contribution < -0.4 is 10.0 Å². The summed E-state index contributed by atoms with van der Waals surface area (Å²) in [4.78, 5) is 17.2. The van der Waals surface area contributed by atoms with Gasteiger partial charge in [-0.1, -0.05) is 32.0 Å². The quantitative estimate of drug-likeness (QED) is 0.503. The van der Waals surface area contributed by atoms with Crippen LogP contribution in [-0.4, -0.2) is 30.5 Å². The fourth-order valence-corrected chi connectivity index (χ4v) is 6.37. The van der Waals surface area contributed by atoms with E-state index < -0.39 is 16.1 Å². The fraction of sp³-hybridized carbons (Fsp3) is 0.391. The van der Waals surface area contributed by atoms with Crippen LogP contribution in [0.15, 0.2) is 40.9 Å². The first kappa shape index (κ1) is 24.0. The highest BCUT2D eigenvalue weighted by atomic mass is 32.2. The first-order valence-corrected chi connectivity index (χ1v) is 12.9. The molecule has 2 heterocycles. The van der Waals surface area contributed by atoms with Crippen molar-refractivity contribution in [2.45, 2.75) is 51.8 Å². The van der Waals surface area contributed by atoms with Gasteiger partial charge in [-0.3, -0.25) is 0 Å². The van der Waals surface area contributed by atoms with Crippen molar-refractivity contribution in [2.24, 2.45) is 5.92 Å². The standard InChI is InChI=1S/C23H30N4O3S2/c1-6-24-23(28)26-32(29,30)22-21(13-20(31-22)11-15(2)3)18-7-8-19(16(4)12-18)14-27-10-9-25-17(27)5/h7-10,12-13,15H,6,11,14H2,1-5H3,(H2,24,26,28). The van der Waals surface area contributed by atoms with E-state index in [9.17, 15) is 13.2 Å². The maximum atomic E-state index is 13.0. The third-order valence-corrected chi connectivity index (χ3v) is 8.11. The maximum absolute atomic E-state index is 13.0. The number of thiophene rings is 1. The van der Waals surface area contributed by atoms with Gasteiger partial charge in [0.25, 0.3) is 10.0 Å². The molecule has 32 heavy (non-hydrogen) atoms. The van der Waals surface area contributed by atoms with Crippen LogP contribution in [0.3, 0.4) is 0 Å². The first-order valence-electron chi connectivity index (χ1n) is 10.6. The third kappa shape index (κ3) is 5.58. The summed E-state index contributed by atoms with van der Waals surface area (Å²) in [6, 6.07) is 7.19. The van der Waals surface area contributed by atoms with Gasteiger partial charge in [-0.05, 0) is 55.9 Å². The van der Waals surface area contributed by atoms with Gasteiger partial charge in [0.2, 0.25) is 0 Å². The molecule has 1 aromatic carbocycles. The summed E-state index contributed by atoms with van der Waals surface area (Å²) in [5.74, 6) is 1.32. The highest BCUT2D eigenvalue weighted by Crippen LogP contribution is 2.37. The summed E-state index contributed by atoms with van der Waals surface area (Å²) in [5.41, 5.74) is 3.64. The number of sulfonamides is 1. The Balaban J connectivity index is 2.00. The molecule has 0 saturated heterocycles. The zero-order valence-corrected chi connectivity index (χ0v) is 20.7. The van der Waals surface area contributed by atoms with E-state index >= 15 is 0 Å². The number of imidazole rings is 1. The largest absolute Gasteiger partial charge is 0.338 e. The van der Waals surface area contributed by atoms with E-state index in [0.29, 0.717) is 24.6 Å². The highest BCUT2D eigenvalue weighted by Gasteiger charge is 2.26. The molecule has 2 aromatic heterocycles. The van der Waals surface area contributed by atoms with Crippen molar-refractivity contribution in [2.75, 3.05) is 6.54 Å². The molecule has 0 spiro atoms. The minimum absolute atomic E-state index is 0.164. The molecular formula is C23H30N4O3S2. The first-order chi connectivity index (χ1) is 15.1. The van der Waals surface area contributed by atoms with E-state index in [0.717, 1.165) is 33.8 Å². The van der Waals surface area contributed by atoms with Crippen LogP contribution in [0.4, 0.5) is 4.79 Å². The van der Waals surface area contributed by atoms with Crippen LogP contribution >= 0.6 is 11.3 Å². The molecule has 0 aliphatic heterocycles. The number of nitrogens with one attached hydrogen (secondary N) is 2. The lowest BCUT2D eigenvalue weighted by atomic mass is 10.0. The minimum Gasteiger partial charge on any atom is -0.338 e. The van der Waals surface area contributed by atoms with Crippen LogP contribution in [0.25, 0.3) is 11.1 Å². The van der Waals surface area contributed by atoms with Gasteiger partial charge in [0.05, 0.1) is 0 Å². The SMILES string of the molecule is CCNC(=O)NS(=O)(=O)c1sc(CC(C)C)cc1-c1ccc(Cn2ccnc2C)c(C)c1. The lowest BCUT2D eigenvalue weighted by Gasteiger charge is -2.12. The number of amides is 2. The van der Waals surface area contributed by atoms with Crippen LogP contribution in [0.1, 0.15) is 42.6 Å². The summed E-state index contributed by atoms with van der Waals surface area (Å²) >= 11 is 1.22. The number of carbonyl (C=O) groups is 1. The molecule has 2 amide bonds. The monoisotopic (exact) mass is 474 g/mol. The Hall–Kier alpha value is -2.65. The number of rotatable bonds is 8. The van der Waals surface area contributed by atoms with Crippen molar-refractivity contribution in [3.05, 3.63) is 58.5 Å². The second-order valence-electron chi connectivity index (χ2n) is 8.22. The van der Waals surface area contributed by atoms with Crippen molar-refractivity contribution in [3.8, 4) is 11.1 Å². The smallest absolute Gasteiger partial charge is 0.328 e. The van der Waals surface area contributed by atoms with Crippen molar-refractivity contribution < 1.29 is 13.2 Å². The zero-order chi connectivity index (χ0) is 23.5. The van der Waals surface area contributed by atoms with Crippen LogP contribution in [0.5, 0.6) is 0 Å². The van der Waals surface area contributed by atoms with Crippen molar-refractivity contribution in [1.29, 1.82) is 0 Å². The molecule has 9 heteroatoms. The molecule has 0 aliphatic carbocycles. The zero-order valence-electron chi connectivity index (χ0n) is 19.1. The fourth-order valence-electron chi connectivity index (χ4n) is 3.49. The third-order valence-electron chi connectivity index (χ3n) is 5.08. The topological polar surface area (TPSA) is 93.1 Å². The second-order valence-corrected chi connectivity index (χ2v) is 11.2. The van der Waals surface area contributed by atoms with Gasteiger partial charge in [0.1, 0.15) is 10.0 Å².